The van der Waals surface area contributed by atoms with Crippen LogP contribution in [0.15, 0.2) is 33.2 Å². The number of amides is 1. The van der Waals surface area contributed by atoms with Crippen LogP contribution in [0.25, 0.3) is 11.4 Å². The van der Waals surface area contributed by atoms with Gasteiger partial charge in [0.2, 0.25) is 11.7 Å². The maximum Gasteiger partial charge on any atom is 0.254 e. The van der Waals surface area contributed by atoms with Crippen molar-refractivity contribution in [2.75, 3.05) is 13.7 Å². The Hall–Kier alpha value is -3.29. The van der Waals surface area contributed by atoms with Gasteiger partial charge in [0, 0.05) is 18.5 Å². The zero-order valence-corrected chi connectivity index (χ0v) is 16.8. The monoisotopic (exact) mass is 399 g/mol. The number of aromatic nitrogens is 2. The molecule has 0 fully saturated rings. The summed E-state index contributed by atoms with van der Waals surface area (Å²) in [4.78, 5) is 16.5. The number of aromatic hydroxyl groups is 1. The third-order valence-corrected chi connectivity index (χ3v) is 4.54. The molecular formula is C21H25N3O5. The molecule has 0 aliphatic heterocycles. The number of methoxy groups -OCH3 is 1. The van der Waals surface area contributed by atoms with Gasteiger partial charge in [-0.15, -0.1) is 0 Å². The molecule has 0 unspecified atom stereocenters. The number of rotatable bonds is 9. The molecule has 1 amide bonds. The highest BCUT2D eigenvalue weighted by Crippen LogP contribution is 2.30. The molecule has 3 rings (SSSR count). The van der Waals surface area contributed by atoms with E-state index in [1.165, 1.54) is 13.2 Å². The van der Waals surface area contributed by atoms with Gasteiger partial charge in [-0.05, 0) is 51.0 Å². The van der Waals surface area contributed by atoms with Crippen LogP contribution in [-0.2, 0) is 6.42 Å². The molecule has 2 heterocycles. The van der Waals surface area contributed by atoms with Crippen molar-refractivity contribution in [3.05, 3.63) is 47.2 Å². The Morgan fingerprint density at radius 3 is 2.76 bits per heavy atom. The first-order valence-electron chi connectivity index (χ1n) is 9.53. The maximum absolute atomic E-state index is 12.1. The largest absolute Gasteiger partial charge is 0.504 e. The van der Waals surface area contributed by atoms with E-state index in [-0.39, 0.29) is 11.7 Å². The van der Waals surface area contributed by atoms with Crippen molar-refractivity contribution in [1.82, 2.24) is 15.5 Å². The topological polar surface area (TPSA) is 111 Å². The molecule has 0 radical (unpaired) electrons. The highest BCUT2D eigenvalue weighted by molar-refractivity contribution is 5.95. The van der Waals surface area contributed by atoms with Crippen LogP contribution in [-0.4, -0.2) is 34.8 Å². The summed E-state index contributed by atoms with van der Waals surface area (Å²) in [6.45, 7) is 4.21. The SMILES string of the molecule is COc1cc(-c2noc(CCCCCNC(=O)c3cc(C)oc3C)n2)ccc1O. The number of hydrogen-bond donors (Lipinski definition) is 2. The van der Waals surface area contributed by atoms with Crippen LogP contribution in [0, 0.1) is 13.8 Å². The average Bonchev–Trinajstić information content (AvgIpc) is 3.30. The van der Waals surface area contributed by atoms with Crippen molar-refractivity contribution >= 4 is 5.91 Å². The van der Waals surface area contributed by atoms with Crippen molar-refractivity contribution < 1.29 is 23.6 Å². The number of furan rings is 1. The smallest absolute Gasteiger partial charge is 0.254 e. The predicted octanol–water partition coefficient (Wildman–Crippen LogP) is 3.80. The van der Waals surface area contributed by atoms with Gasteiger partial charge in [-0.25, -0.2) is 0 Å². The van der Waals surface area contributed by atoms with Crippen molar-refractivity contribution in [1.29, 1.82) is 0 Å². The summed E-state index contributed by atoms with van der Waals surface area (Å²) < 4.78 is 15.8. The minimum atomic E-state index is -0.106. The van der Waals surface area contributed by atoms with E-state index in [4.69, 9.17) is 13.7 Å². The second-order valence-electron chi connectivity index (χ2n) is 6.79. The molecule has 29 heavy (non-hydrogen) atoms. The lowest BCUT2D eigenvalue weighted by molar-refractivity contribution is 0.0951. The first kappa shape index (κ1) is 20.4. The molecule has 154 valence electrons. The summed E-state index contributed by atoms with van der Waals surface area (Å²) in [6.07, 6.45) is 3.32. The Bertz CT molecular complexity index is 977. The van der Waals surface area contributed by atoms with Crippen LogP contribution in [0.5, 0.6) is 11.5 Å². The highest BCUT2D eigenvalue weighted by atomic mass is 16.5. The second kappa shape index (κ2) is 9.27. The van der Waals surface area contributed by atoms with Crippen LogP contribution in [0.2, 0.25) is 0 Å². The molecule has 2 aromatic heterocycles. The number of carbonyl (C=O) groups excluding carboxylic acids is 1. The number of hydrogen-bond acceptors (Lipinski definition) is 7. The fourth-order valence-corrected chi connectivity index (χ4v) is 3.02. The van der Waals surface area contributed by atoms with E-state index in [0.29, 0.717) is 47.3 Å². The van der Waals surface area contributed by atoms with Gasteiger partial charge in [-0.3, -0.25) is 4.79 Å². The number of nitrogens with one attached hydrogen (secondary N) is 1. The first-order valence-corrected chi connectivity index (χ1v) is 9.53. The lowest BCUT2D eigenvalue weighted by atomic mass is 10.1. The lowest BCUT2D eigenvalue weighted by Gasteiger charge is -2.04. The molecule has 0 saturated heterocycles. The normalized spacial score (nSPS) is 10.9. The maximum atomic E-state index is 12.1. The Morgan fingerprint density at radius 1 is 1.21 bits per heavy atom. The fourth-order valence-electron chi connectivity index (χ4n) is 3.02. The minimum absolute atomic E-state index is 0.0603. The summed E-state index contributed by atoms with van der Waals surface area (Å²) in [5, 5.41) is 16.6. The van der Waals surface area contributed by atoms with Gasteiger partial charge < -0.3 is 24.1 Å². The Labute approximate surface area is 168 Å². The molecule has 0 spiro atoms. The van der Waals surface area contributed by atoms with E-state index >= 15 is 0 Å². The molecule has 0 saturated carbocycles. The zero-order chi connectivity index (χ0) is 20.8. The van der Waals surface area contributed by atoms with Crippen LogP contribution in [0.1, 0.15) is 47.0 Å². The van der Waals surface area contributed by atoms with Crippen LogP contribution in [0.3, 0.4) is 0 Å². The predicted molar refractivity (Wildman–Crippen MR) is 106 cm³/mol. The molecule has 0 aliphatic carbocycles. The molecule has 0 atom stereocenters. The Balaban J connectivity index is 1.40. The van der Waals surface area contributed by atoms with Crippen LogP contribution < -0.4 is 10.1 Å². The molecule has 3 aromatic rings. The molecule has 2 N–H and O–H groups in total. The van der Waals surface area contributed by atoms with Gasteiger partial charge >= 0.3 is 0 Å². The van der Waals surface area contributed by atoms with Crippen molar-refractivity contribution in [3.63, 3.8) is 0 Å². The van der Waals surface area contributed by atoms with E-state index in [1.807, 2.05) is 6.92 Å². The lowest BCUT2D eigenvalue weighted by Crippen LogP contribution is -2.24. The summed E-state index contributed by atoms with van der Waals surface area (Å²) in [6, 6.07) is 6.65. The molecule has 8 nitrogen and oxygen atoms in total. The number of benzene rings is 1. The number of unbranched alkanes of at least 4 members (excludes halogenated alkanes) is 2. The van der Waals surface area contributed by atoms with Gasteiger partial charge in [-0.1, -0.05) is 11.6 Å². The average molecular weight is 399 g/mol. The second-order valence-corrected chi connectivity index (χ2v) is 6.79. The number of phenols is 1. The number of phenolic OH excluding ortho intramolecular Hbond substituents is 1. The Kier molecular flexibility index (Phi) is 6.54. The molecular weight excluding hydrogens is 374 g/mol. The Morgan fingerprint density at radius 2 is 2.03 bits per heavy atom. The third kappa shape index (κ3) is 5.16. The third-order valence-electron chi connectivity index (χ3n) is 4.54. The number of ether oxygens (including phenoxy) is 1. The number of aryl methyl sites for hydroxylation is 3. The van der Waals surface area contributed by atoms with Crippen LogP contribution >= 0.6 is 0 Å². The van der Waals surface area contributed by atoms with Gasteiger partial charge in [0.15, 0.2) is 11.5 Å². The van der Waals surface area contributed by atoms with Gasteiger partial charge in [0.1, 0.15) is 11.5 Å². The summed E-state index contributed by atoms with van der Waals surface area (Å²) in [7, 11) is 1.49. The van der Waals surface area contributed by atoms with Gasteiger partial charge in [-0.2, -0.15) is 4.98 Å². The fraction of sp³-hybridized carbons (Fsp3) is 0.381. The minimum Gasteiger partial charge on any atom is -0.504 e. The van der Waals surface area contributed by atoms with Gasteiger partial charge in [0.05, 0.1) is 12.7 Å². The van der Waals surface area contributed by atoms with E-state index in [1.54, 1.807) is 25.1 Å². The summed E-state index contributed by atoms with van der Waals surface area (Å²) in [5.74, 6) is 2.69. The molecule has 0 aliphatic rings. The summed E-state index contributed by atoms with van der Waals surface area (Å²) in [5.41, 5.74) is 1.30. The molecule has 0 bridgehead atoms. The highest BCUT2D eigenvalue weighted by Gasteiger charge is 2.13. The number of nitrogens with zero attached hydrogens (tertiary/aromatic N) is 2. The van der Waals surface area contributed by atoms with Crippen molar-refractivity contribution in [2.45, 2.75) is 39.5 Å². The van der Waals surface area contributed by atoms with Crippen molar-refractivity contribution in [2.24, 2.45) is 0 Å². The van der Waals surface area contributed by atoms with Gasteiger partial charge in [0.25, 0.3) is 5.91 Å². The first-order chi connectivity index (χ1) is 14.0. The quantitative estimate of drug-likeness (QED) is 0.526. The van der Waals surface area contributed by atoms with E-state index < -0.39 is 0 Å². The number of carbonyl (C=O) groups is 1. The zero-order valence-electron chi connectivity index (χ0n) is 16.8. The van der Waals surface area contributed by atoms with E-state index in [0.717, 1.165) is 25.0 Å². The van der Waals surface area contributed by atoms with Crippen LogP contribution in [0.4, 0.5) is 0 Å². The van der Waals surface area contributed by atoms with Crippen molar-refractivity contribution in [3.8, 4) is 22.9 Å². The van der Waals surface area contributed by atoms with E-state index in [2.05, 4.69) is 15.5 Å². The molecule has 8 heteroatoms. The summed E-state index contributed by atoms with van der Waals surface area (Å²) >= 11 is 0. The standard InChI is InChI=1S/C21H25N3O5/c1-13-11-16(14(2)28-13)21(26)22-10-6-4-5-7-19-23-20(24-29-19)15-8-9-17(25)18(12-15)27-3/h8-9,11-12,25H,4-7,10H2,1-3H3,(H,22,26). The van der Waals surface area contributed by atoms with E-state index in [9.17, 15) is 9.90 Å². The molecule has 1 aromatic carbocycles.